The number of aliphatic carboxylic acids is 1. The molecule has 196 valence electrons. The van der Waals surface area contributed by atoms with Crippen LogP contribution >= 0.6 is 0 Å². The fourth-order valence-corrected chi connectivity index (χ4v) is 3.06. The van der Waals surface area contributed by atoms with E-state index in [1.54, 1.807) is 30.3 Å². The maximum absolute atomic E-state index is 13.5. The number of hydrogen-bond acceptors (Lipinski definition) is 6. The zero-order valence-electron chi connectivity index (χ0n) is 21.9. The highest BCUT2D eigenvalue weighted by Crippen LogP contribution is 2.30. The molecule has 0 aliphatic heterocycles. The molecule has 0 aromatic heterocycles. The number of amides is 1. The lowest BCUT2D eigenvalue weighted by atomic mass is 9.99. The number of rotatable bonds is 14. The molecule has 2 aromatic rings. The van der Waals surface area contributed by atoms with Crippen LogP contribution in [0.25, 0.3) is 0 Å². The van der Waals surface area contributed by atoms with Crippen molar-refractivity contribution >= 4 is 17.7 Å². The minimum absolute atomic E-state index is 0.0873. The van der Waals surface area contributed by atoms with Crippen LogP contribution in [0.15, 0.2) is 36.4 Å². The van der Waals surface area contributed by atoms with Crippen molar-refractivity contribution in [2.45, 2.75) is 41.5 Å². The van der Waals surface area contributed by atoms with Gasteiger partial charge < -0.3 is 24.6 Å². The summed E-state index contributed by atoms with van der Waals surface area (Å²) >= 11 is 0. The maximum atomic E-state index is 13.5. The highest BCUT2D eigenvalue weighted by molar-refractivity contribution is 6.12. The molecule has 0 unspecified atom stereocenters. The summed E-state index contributed by atoms with van der Waals surface area (Å²) in [5, 5.41) is 11.3. The zero-order chi connectivity index (χ0) is 26.8. The van der Waals surface area contributed by atoms with Crippen molar-refractivity contribution in [3.8, 4) is 17.2 Å². The zero-order valence-corrected chi connectivity index (χ0v) is 21.9. The Labute approximate surface area is 212 Å². The first-order valence-electron chi connectivity index (χ1n) is 12.2. The van der Waals surface area contributed by atoms with E-state index in [0.29, 0.717) is 42.8 Å². The van der Waals surface area contributed by atoms with Crippen molar-refractivity contribution in [2.24, 2.45) is 17.8 Å². The predicted octanol–water partition coefficient (Wildman–Crippen LogP) is 4.84. The fourth-order valence-electron chi connectivity index (χ4n) is 3.06. The van der Waals surface area contributed by atoms with Crippen LogP contribution in [0.1, 0.15) is 67.8 Å². The van der Waals surface area contributed by atoms with Gasteiger partial charge in [-0.1, -0.05) is 41.5 Å². The Morgan fingerprint density at radius 2 is 1.33 bits per heavy atom. The first-order chi connectivity index (χ1) is 17.0. The molecular weight excluding hydrogens is 462 g/mol. The monoisotopic (exact) mass is 499 g/mol. The van der Waals surface area contributed by atoms with Crippen molar-refractivity contribution in [3.63, 3.8) is 0 Å². The highest BCUT2D eigenvalue weighted by Gasteiger charge is 2.21. The van der Waals surface area contributed by atoms with Crippen LogP contribution in [0.4, 0.5) is 0 Å². The van der Waals surface area contributed by atoms with Crippen molar-refractivity contribution in [1.29, 1.82) is 0 Å². The highest BCUT2D eigenvalue weighted by atomic mass is 16.5. The summed E-state index contributed by atoms with van der Waals surface area (Å²) in [7, 11) is 0. The summed E-state index contributed by atoms with van der Waals surface area (Å²) in [4.78, 5) is 37.2. The summed E-state index contributed by atoms with van der Waals surface area (Å²) in [6.45, 7) is 12.8. The van der Waals surface area contributed by atoms with Crippen LogP contribution in [-0.2, 0) is 4.79 Å². The average molecular weight is 500 g/mol. The van der Waals surface area contributed by atoms with E-state index in [0.717, 1.165) is 0 Å². The standard InChI is InChI=1S/C28H37NO7/c1-17(2)14-34-21-8-9-22(25(12-21)36-16-19(5)6)27(32)20-7-10-24(35-15-18(3)4)23(11-20)28(33)29-13-26(30)31/h7-12,17-19H,13-16H2,1-6H3,(H,29,33)(H,30,31). The van der Waals surface area contributed by atoms with Crippen LogP contribution in [0, 0.1) is 17.8 Å². The Morgan fingerprint density at radius 1 is 0.750 bits per heavy atom. The van der Waals surface area contributed by atoms with Crippen molar-refractivity contribution in [1.82, 2.24) is 5.32 Å². The number of carboxylic acids is 1. The van der Waals surface area contributed by atoms with Gasteiger partial charge in [-0.05, 0) is 48.1 Å². The van der Waals surface area contributed by atoms with E-state index in [2.05, 4.69) is 5.32 Å². The van der Waals surface area contributed by atoms with E-state index < -0.39 is 18.4 Å². The van der Waals surface area contributed by atoms with E-state index in [9.17, 15) is 14.4 Å². The number of nitrogens with one attached hydrogen (secondary N) is 1. The van der Waals surface area contributed by atoms with Gasteiger partial charge in [-0.2, -0.15) is 0 Å². The molecule has 0 spiro atoms. The third kappa shape index (κ3) is 8.91. The van der Waals surface area contributed by atoms with Crippen LogP contribution in [0.5, 0.6) is 17.2 Å². The minimum Gasteiger partial charge on any atom is -0.493 e. The van der Waals surface area contributed by atoms with Gasteiger partial charge in [-0.15, -0.1) is 0 Å². The van der Waals surface area contributed by atoms with Crippen LogP contribution in [0.3, 0.4) is 0 Å². The summed E-state index contributed by atoms with van der Waals surface area (Å²) < 4.78 is 17.5. The number of ether oxygens (including phenoxy) is 3. The topological polar surface area (TPSA) is 111 Å². The summed E-state index contributed by atoms with van der Waals surface area (Å²) in [6.07, 6.45) is 0. The molecule has 0 aliphatic carbocycles. The van der Waals surface area contributed by atoms with E-state index in [4.69, 9.17) is 19.3 Å². The molecule has 0 saturated carbocycles. The summed E-state index contributed by atoms with van der Waals surface area (Å²) in [6, 6.07) is 9.64. The Balaban J connectivity index is 2.44. The molecular formula is C28H37NO7. The number of carbonyl (C=O) groups excluding carboxylic acids is 2. The Bertz CT molecular complexity index is 1060. The molecule has 2 N–H and O–H groups in total. The van der Waals surface area contributed by atoms with Gasteiger partial charge in [-0.25, -0.2) is 0 Å². The smallest absolute Gasteiger partial charge is 0.322 e. The molecule has 0 bridgehead atoms. The number of hydrogen-bond donors (Lipinski definition) is 2. The van der Waals surface area contributed by atoms with Crippen molar-refractivity contribution in [2.75, 3.05) is 26.4 Å². The van der Waals surface area contributed by atoms with E-state index in [1.165, 1.54) is 6.07 Å². The molecule has 0 saturated heterocycles. The quantitative estimate of drug-likeness (QED) is 0.358. The molecule has 8 nitrogen and oxygen atoms in total. The largest absolute Gasteiger partial charge is 0.493 e. The number of carboxylic acid groups (broad SMARTS) is 1. The molecule has 0 fully saturated rings. The average Bonchev–Trinajstić information content (AvgIpc) is 2.82. The van der Waals surface area contributed by atoms with Gasteiger partial charge in [0.05, 0.1) is 30.9 Å². The van der Waals surface area contributed by atoms with Crippen molar-refractivity contribution in [3.05, 3.63) is 53.1 Å². The lowest BCUT2D eigenvalue weighted by molar-refractivity contribution is -0.135. The SMILES string of the molecule is CC(C)COc1ccc(C(=O)c2ccc(OCC(C)C)c(C(=O)NCC(=O)O)c2)c(OCC(C)C)c1. The molecule has 2 aromatic carbocycles. The normalized spacial score (nSPS) is 11.0. The van der Waals surface area contributed by atoms with Gasteiger partial charge in [-0.3, -0.25) is 14.4 Å². The number of ketones is 1. The minimum atomic E-state index is -1.17. The first-order valence-corrected chi connectivity index (χ1v) is 12.2. The summed E-state index contributed by atoms with van der Waals surface area (Å²) in [5.74, 6) is -0.0887. The second-order valence-corrected chi connectivity index (χ2v) is 9.89. The number of carbonyl (C=O) groups is 3. The van der Waals surface area contributed by atoms with Crippen LogP contribution < -0.4 is 19.5 Å². The maximum Gasteiger partial charge on any atom is 0.322 e. The molecule has 1 amide bonds. The van der Waals surface area contributed by atoms with E-state index in [-0.39, 0.29) is 34.5 Å². The lowest BCUT2D eigenvalue weighted by Crippen LogP contribution is -2.30. The Morgan fingerprint density at radius 3 is 1.92 bits per heavy atom. The molecule has 36 heavy (non-hydrogen) atoms. The Hall–Kier alpha value is -3.55. The Kier molecular flexibility index (Phi) is 10.8. The molecule has 0 radical (unpaired) electrons. The van der Waals surface area contributed by atoms with Gasteiger partial charge in [0.15, 0.2) is 5.78 Å². The van der Waals surface area contributed by atoms with Gasteiger partial charge >= 0.3 is 5.97 Å². The fraction of sp³-hybridized carbons (Fsp3) is 0.464. The molecule has 0 heterocycles. The summed E-state index contributed by atoms with van der Waals surface area (Å²) in [5.41, 5.74) is 0.669. The van der Waals surface area contributed by atoms with Gasteiger partial charge in [0, 0.05) is 11.6 Å². The van der Waals surface area contributed by atoms with E-state index >= 15 is 0 Å². The second kappa shape index (κ2) is 13.5. The third-order valence-corrected chi connectivity index (χ3v) is 4.81. The van der Waals surface area contributed by atoms with E-state index in [1.807, 2.05) is 41.5 Å². The van der Waals surface area contributed by atoms with Gasteiger partial charge in [0.1, 0.15) is 23.8 Å². The second-order valence-electron chi connectivity index (χ2n) is 9.89. The van der Waals surface area contributed by atoms with Crippen LogP contribution in [0.2, 0.25) is 0 Å². The number of benzene rings is 2. The van der Waals surface area contributed by atoms with Crippen LogP contribution in [-0.4, -0.2) is 49.1 Å². The third-order valence-electron chi connectivity index (χ3n) is 4.81. The predicted molar refractivity (Wildman–Crippen MR) is 137 cm³/mol. The van der Waals surface area contributed by atoms with Gasteiger partial charge in [0.2, 0.25) is 0 Å². The first kappa shape index (κ1) is 28.7. The molecule has 0 atom stereocenters. The lowest BCUT2D eigenvalue weighted by Gasteiger charge is -2.17. The molecule has 0 aliphatic rings. The molecule has 8 heteroatoms. The molecule has 2 rings (SSSR count). The van der Waals surface area contributed by atoms with Gasteiger partial charge in [0.25, 0.3) is 5.91 Å². The van der Waals surface area contributed by atoms with Crippen molar-refractivity contribution < 1.29 is 33.7 Å².